The molecule has 0 amide bonds. The van der Waals surface area contributed by atoms with Crippen molar-refractivity contribution < 1.29 is 4.79 Å². The monoisotopic (exact) mass is 421 g/mol. The Bertz CT molecular complexity index is 1080. The molecule has 2 atom stereocenters. The molecule has 0 unspecified atom stereocenters. The van der Waals surface area contributed by atoms with Crippen LogP contribution < -0.4 is 0 Å². The first kappa shape index (κ1) is 18.9. The van der Waals surface area contributed by atoms with Crippen LogP contribution in [0.2, 0.25) is 10.0 Å². The number of carbonyl (C=O) groups excluding carboxylic acids is 1. The SMILES string of the molecule is O=C1c2ccc(-c3ccc(Cl)cc3Cl)cc2[C@H]2CN(Cc3ccccc3)CC[C@@H]12. The molecule has 2 aliphatic rings. The molecule has 0 saturated carbocycles. The number of benzene rings is 3. The van der Waals surface area contributed by atoms with Gasteiger partial charge in [-0.2, -0.15) is 0 Å². The summed E-state index contributed by atoms with van der Waals surface area (Å²) < 4.78 is 0. The molecule has 1 heterocycles. The van der Waals surface area contributed by atoms with Crippen LogP contribution in [0, 0.1) is 5.92 Å². The Balaban J connectivity index is 1.46. The Morgan fingerprint density at radius 2 is 1.69 bits per heavy atom. The van der Waals surface area contributed by atoms with Crippen molar-refractivity contribution in [3.05, 3.63) is 93.5 Å². The van der Waals surface area contributed by atoms with Gasteiger partial charge in [0.1, 0.15) is 0 Å². The molecule has 0 radical (unpaired) electrons. The number of ketones is 1. The molecule has 3 aromatic rings. The summed E-state index contributed by atoms with van der Waals surface area (Å²) in [7, 11) is 0. The van der Waals surface area contributed by atoms with Crippen LogP contribution in [0.5, 0.6) is 0 Å². The van der Waals surface area contributed by atoms with Crippen molar-refractivity contribution in [2.75, 3.05) is 13.1 Å². The minimum absolute atomic E-state index is 0.105. The van der Waals surface area contributed by atoms with Crippen molar-refractivity contribution in [1.29, 1.82) is 0 Å². The Kier molecular flexibility index (Phi) is 4.95. The molecular weight excluding hydrogens is 401 g/mol. The second kappa shape index (κ2) is 7.60. The van der Waals surface area contributed by atoms with E-state index >= 15 is 0 Å². The molecule has 5 rings (SSSR count). The standard InChI is InChI=1S/C25H21Cl2NO/c26-18-7-9-19(24(27)13-18)17-6-8-20-22(12-17)23-15-28(11-10-21(23)25(20)29)14-16-4-2-1-3-5-16/h1-9,12-13,21,23H,10-11,14-15H2/t21-,23+/m1/s1. The van der Waals surface area contributed by atoms with Crippen molar-refractivity contribution >= 4 is 29.0 Å². The normalized spacial score (nSPS) is 21.1. The van der Waals surface area contributed by atoms with Crippen molar-refractivity contribution in [1.82, 2.24) is 4.90 Å². The number of Topliss-reactive ketones (excluding diaryl/α,β-unsaturated/α-hetero) is 1. The Morgan fingerprint density at radius 3 is 2.48 bits per heavy atom. The topological polar surface area (TPSA) is 20.3 Å². The molecule has 0 N–H and O–H groups in total. The molecule has 0 aromatic heterocycles. The predicted molar refractivity (Wildman–Crippen MR) is 119 cm³/mol. The third-order valence-corrected chi connectivity index (χ3v) is 6.79. The van der Waals surface area contributed by atoms with E-state index in [1.165, 1.54) is 11.1 Å². The summed E-state index contributed by atoms with van der Waals surface area (Å²) in [6.07, 6.45) is 0.919. The fraction of sp³-hybridized carbons (Fsp3) is 0.240. The van der Waals surface area contributed by atoms with Gasteiger partial charge in [0.25, 0.3) is 0 Å². The highest BCUT2D eigenvalue weighted by molar-refractivity contribution is 6.36. The summed E-state index contributed by atoms with van der Waals surface area (Å²) >= 11 is 12.5. The van der Waals surface area contributed by atoms with Gasteiger partial charge in [0.05, 0.1) is 0 Å². The lowest BCUT2D eigenvalue weighted by Crippen LogP contribution is -2.38. The number of halogens is 2. The number of hydrogen-bond donors (Lipinski definition) is 0. The summed E-state index contributed by atoms with van der Waals surface area (Å²) in [6.45, 7) is 2.80. The minimum Gasteiger partial charge on any atom is -0.298 e. The number of carbonyl (C=O) groups is 1. The van der Waals surface area contributed by atoms with Crippen molar-refractivity contribution in [3.8, 4) is 11.1 Å². The van der Waals surface area contributed by atoms with Crippen LogP contribution in [0.25, 0.3) is 11.1 Å². The zero-order valence-electron chi connectivity index (χ0n) is 15.9. The van der Waals surface area contributed by atoms with Crippen LogP contribution in [0.3, 0.4) is 0 Å². The minimum atomic E-state index is 0.105. The Labute approximate surface area is 181 Å². The number of likely N-dealkylation sites (tertiary alicyclic amines) is 1. The average Bonchev–Trinajstić information content (AvgIpc) is 3.00. The highest BCUT2D eigenvalue weighted by atomic mass is 35.5. The van der Waals surface area contributed by atoms with Crippen LogP contribution in [0.4, 0.5) is 0 Å². The molecule has 146 valence electrons. The maximum Gasteiger partial charge on any atom is 0.166 e. The number of fused-ring (bicyclic) bond motifs is 3. The van der Waals surface area contributed by atoms with Gasteiger partial charge in [-0.05, 0) is 41.8 Å². The molecule has 1 aliphatic carbocycles. The van der Waals surface area contributed by atoms with Gasteiger partial charge >= 0.3 is 0 Å². The van der Waals surface area contributed by atoms with Crippen LogP contribution in [-0.4, -0.2) is 23.8 Å². The second-order valence-electron chi connectivity index (χ2n) is 8.01. The molecular formula is C25H21Cl2NO. The van der Waals surface area contributed by atoms with Gasteiger partial charge in [-0.25, -0.2) is 0 Å². The van der Waals surface area contributed by atoms with E-state index in [0.29, 0.717) is 15.8 Å². The van der Waals surface area contributed by atoms with Crippen LogP contribution in [0.1, 0.15) is 33.8 Å². The van der Waals surface area contributed by atoms with Gasteiger partial charge in [0, 0.05) is 46.1 Å². The lowest BCUT2D eigenvalue weighted by atomic mass is 9.85. The first-order chi connectivity index (χ1) is 14.1. The smallest absolute Gasteiger partial charge is 0.166 e. The van der Waals surface area contributed by atoms with E-state index in [4.69, 9.17) is 23.2 Å². The first-order valence-electron chi connectivity index (χ1n) is 10.00. The molecule has 1 saturated heterocycles. The molecule has 0 bridgehead atoms. The predicted octanol–water partition coefficient (Wildman–Crippen LogP) is 6.46. The summed E-state index contributed by atoms with van der Waals surface area (Å²) in [4.78, 5) is 15.5. The van der Waals surface area contributed by atoms with Gasteiger partial charge in [0.15, 0.2) is 5.78 Å². The van der Waals surface area contributed by atoms with Gasteiger partial charge in [0.2, 0.25) is 0 Å². The molecule has 0 spiro atoms. The average molecular weight is 422 g/mol. The fourth-order valence-electron chi connectivity index (χ4n) is 4.82. The maximum absolute atomic E-state index is 13.0. The third-order valence-electron chi connectivity index (χ3n) is 6.24. The highest BCUT2D eigenvalue weighted by Gasteiger charge is 2.42. The Morgan fingerprint density at radius 1 is 0.897 bits per heavy atom. The largest absolute Gasteiger partial charge is 0.298 e. The molecule has 2 nitrogen and oxygen atoms in total. The summed E-state index contributed by atoms with van der Waals surface area (Å²) in [5, 5.41) is 1.26. The Hall–Kier alpha value is -2.13. The number of nitrogens with zero attached hydrogens (tertiary/aromatic N) is 1. The summed E-state index contributed by atoms with van der Waals surface area (Å²) in [5.74, 6) is 0.659. The molecule has 29 heavy (non-hydrogen) atoms. The van der Waals surface area contributed by atoms with Crippen LogP contribution in [0.15, 0.2) is 66.7 Å². The van der Waals surface area contributed by atoms with Gasteiger partial charge in [-0.15, -0.1) is 0 Å². The van der Waals surface area contributed by atoms with Crippen molar-refractivity contribution in [2.45, 2.75) is 18.9 Å². The zero-order valence-corrected chi connectivity index (χ0v) is 17.5. The summed E-state index contributed by atoms with van der Waals surface area (Å²) in [5.41, 5.74) is 5.36. The van der Waals surface area contributed by atoms with E-state index < -0.39 is 0 Å². The number of piperidine rings is 1. The van der Waals surface area contributed by atoms with Crippen molar-refractivity contribution in [2.24, 2.45) is 5.92 Å². The lowest BCUT2D eigenvalue weighted by molar-refractivity contribution is 0.0834. The van der Waals surface area contributed by atoms with E-state index in [2.05, 4.69) is 35.2 Å². The summed E-state index contributed by atoms with van der Waals surface area (Å²) in [6, 6.07) is 22.3. The number of hydrogen-bond acceptors (Lipinski definition) is 2. The molecule has 4 heteroatoms. The quantitative estimate of drug-likeness (QED) is 0.483. The van der Waals surface area contributed by atoms with E-state index in [0.717, 1.165) is 42.7 Å². The highest BCUT2D eigenvalue weighted by Crippen LogP contribution is 2.45. The van der Waals surface area contributed by atoms with E-state index in [1.54, 1.807) is 6.07 Å². The number of rotatable bonds is 3. The molecule has 1 fully saturated rings. The molecule has 1 aliphatic heterocycles. The maximum atomic E-state index is 13.0. The fourth-order valence-corrected chi connectivity index (χ4v) is 5.34. The second-order valence-corrected chi connectivity index (χ2v) is 8.86. The van der Waals surface area contributed by atoms with Gasteiger partial charge in [-0.3, -0.25) is 9.69 Å². The van der Waals surface area contributed by atoms with E-state index in [9.17, 15) is 4.79 Å². The van der Waals surface area contributed by atoms with Crippen LogP contribution in [-0.2, 0) is 6.54 Å². The zero-order chi connectivity index (χ0) is 20.0. The van der Waals surface area contributed by atoms with Crippen LogP contribution >= 0.6 is 23.2 Å². The van der Waals surface area contributed by atoms with Crippen molar-refractivity contribution in [3.63, 3.8) is 0 Å². The molecule has 3 aromatic carbocycles. The van der Waals surface area contributed by atoms with Gasteiger partial charge in [-0.1, -0.05) is 77.8 Å². The van der Waals surface area contributed by atoms with E-state index in [1.807, 2.05) is 30.3 Å². The first-order valence-corrected chi connectivity index (χ1v) is 10.8. The lowest BCUT2D eigenvalue weighted by Gasteiger charge is -2.34. The van der Waals surface area contributed by atoms with E-state index in [-0.39, 0.29) is 11.8 Å². The van der Waals surface area contributed by atoms with Gasteiger partial charge < -0.3 is 0 Å². The third kappa shape index (κ3) is 3.50.